The number of hydrogen-bond acceptors (Lipinski definition) is 5. The average molecular weight is 340 g/mol. The topological polar surface area (TPSA) is 93.1 Å². The lowest BCUT2D eigenvalue weighted by molar-refractivity contribution is -0.137. The fourth-order valence-electron chi connectivity index (χ4n) is 1.66. The van der Waals surface area contributed by atoms with E-state index in [1.54, 1.807) is 0 Å². The first kappa shape index (κ1) is 20.7. The minimum Gasteiger partial charge on any atom is -0.463 e. The second-order valence-corrected chi connectivity index (χ2v) is 6.81. The van der Waals surface area contributed by atoms with Gasteiger partial charge in [-0.2, -0.15) is 0 Å². The maximum absolute atomic E-state index is 10.8. The number of rotatable bonds is 14. The summed E-state index contributed by atoms with van der Waals surface area (Å²) in [6, 6.07) is 0. The Morgan fingerprint density at radius 1 is 1.05 bits per heavy atom. The quantitative estimate of drug-likeness (QED) is 0.164. The van der Waals surface area contributed by atoms with E-state index in [1.807, 2.05) is 0 Å². The minimum atomic E-state index is -4.33. The number of carbonyl (C=O) groups is 1. The highest BCUT2D eigenvalue weighted by Crippen LogP contribution is 2.41. The molecule has 0 rings (SSSR count). The predicted molar refractivity (Wildman–Crippen MR) is 83.7 cm³/mol. The lowest BCUT2D eigenvalue weighted by Gasteiger charge is -2.04. The van der Waals surface area contributed by atoms with Crippen LogP contribution in [0.1, 0.15) is 51.4 Å². The van der Waals surface area contributed by atoms with Crippen LogP contribution >= 0.6 is 19.9 Å². The van der Waals surface area contributed by atoms with Crippen molar-refractivity contribution in [2.45, 2.75) is 51.4 Å². The summed E-state index contributed by atoms with van der Waals surface area (Å²) in [6.07, 6.45) is 9.58. The molecule has 124 valence electrons. The zero-order valence-corrected chi connectivity index (χ0v) is 13.9. The molecule has 0 aromatic carbocycles. The van der Waals surface area contributed by atoms with E-state index in [0.717, 1.165) is 63.4 Å². The van der Waals surface area contributed by atoms with Crippen LogP contribution in [0.15, 0.2) is 12.7 Å². The molecule has 0 radical (unpaired) electrons. The van der Waals surface area contributed by atoms with E-state index in [1.165, 1.54) is 6.08 Å². The molecule has 8 heteroatoms. The summed E-state index contributed by atoms with van der Waals surface area (Å²) in [7, 11) is -4.33. The van der Waals surface area contributed by atoms with Crippen molar-refractivity contribution in [3.05, 3.63) is 12.7 Å². The molecule has 0 fully saturated rings. The van der Waals surface area contributed by atoms with Gasteiger partial charge in [0.1, 0.15) is 0 Å². The third-order valence-electron chi connectivity index (χ3n) is 2.68. The van der Waals surface area contributed by atoms with E-state index < -0.39 is 7.82 Å². The monoisotopic (exact) mass is 340 g/mol. The molecule has 0 bridgehead atoms. The van der Waals surface area contributed by atoms with Gasteiger partial charge in [-0.25, -0.2) is 13.3 Å². The van der Waals surface area contributed by atoms with E-state index in [-0.39, 0.29) is 5.97 Å². The van der Waals surface area contributed by atoms with Gasteiger partial charge in [-0.1, -0.05) is 45.1 Å². The largest absolute Gasteiger partial charge is 0.480 e. The molecule has 0 aromatic heterocycles. The molecule has 0 saturated heterocycles. The van der Waals surface area contributed by atoms with Gasteiger partial charge in [0.25, 0.3) is 0 Å². The Morgan fingerprint density at radius 3 is 2.10 bits per heavy atom. The van der Waals surface area contributed by atoms with Gasteiger partial charge in [0, 0.05) is 23.9 Å². The Balaban J connectivity index is 3.11. The van der Waals surface area contributed by atoms with Crippen molar-refractivity contribution in [2.75, 3.05) is 12.4 Å². The van der Waals surface area contributed by atoms with Gasteiger partial charge < -0.3 is 14.5 Å². The van der Waals surface area contributed by atoms with Gasteiger partial charge in [-0.3, -0.25) is 0 Å². The highest BCUT2D eigenvalue weighted by molar-refractivity contribution is 7.97. The van der Waals surface area contributed by atoms with Crippen molar-refractivity contribution >= 4 is 25.8 Å². The van der Waals surface area contributed by atoms with Gasteiger partial charge in [0.2, 0.25) is 0 Å². The molecule has 0 atom stereocenters. The molecule has 6 nitrogen and oxygen atoms in total. The lowest BCUT2D eigenvalue weighted by atomic mass is 10.1. The Kier molecular flexibility index (Phi) is 13.1. The van der Waals surface area contributed by atoms with Gasteiger partial charge in [0.05, 0.1) is 6.61 Å². The Morgan fingerprint density at radius 2 is 1.57 bits per heavy atom. The van der Waals surface area contributed by atoms with Crippen LogP contribution in [0.2, 0.25) is 0 Å². The standard InChI is InChI=1S/C13H25O6PS/c1-2-13(14)18-11-9-7-5-3-4-6-8-10-12-21-19-20(15,16)17/h2H,1,3-12H2,(H2,15,16,17). The molecular formula is C13H25O6PS. The van der Waals surface area contributed by atoms with Gasteiger partial charge in [-0.05, 0) is 12.8 Å². The van der Waals surface area contributed by atoms with Crippen LogP contribution in [0.3, 0.4) is 0 Å². The molecule has 0 saturated carbocycles. The molecule has 0 amide bonds. The second kappa shape index (κ2) is 13.3. The third-order valence-corrected chi connectivity index (χ3v) is 4.34. The number of esters is 1. The lowest BCUT2D eigenvalue weighted by Crippen LogP contribution is -2.01. The van der Waals surface area contributed by atoms with Crippen LogP contribution in [0.25, 0.3) is 0 Å². The van der Waals surface area contributed by atoms with E-state index in [9.17, 15) is 9.36 Å². The SMILES string of the molecule is C=CC(=O)OCCCCCCCCCCSOP(=O)(O)O. The Hall–Kier alpha value is -0.330. The highest BCUT2D eigenvalue weighted by atomic mass is 32.2. The normalized spacial score (nSPS) is 11.3. The van der Waals surface area contributed by atoms with Crippen LogP contribution in [-0.4, -0.2) is 28.1 Å². The zero-order valence-electron chi connectivity index (χ0n) is 12.2. The molecule has 21 heavy (non-hydrogen) atoms. The number of hydrogen-bond donors (Lipinski definition) is 2. The van der Waals surface area contributed by atoms with Gasteiger partial charge >= 0.3 is 13.8 Å². The van der Waals surface area contributed by atoms with E-state index in [2.05, 4.69) is 10.5 Å². The molecular weight excluding hydrogens is 315 g/mol. The van der Waals surface area contributed by atoms with Crippen LogP contribution in [0.5, 0.6) is 0 Å². The third kappa shape index (κ3) is 17.6. The van der Waals surface area contributed by atoms with Crippen LogP contribution < -0.4 is 0 Å². The maximum atomic E-state index is 10.8. The fourth-order valence-corrected chi connectivity index (χ4v) is 2.83. The minimum absolute atomic E-state index is 0.365. The van der Waals surface area contributed by atoms with E-state index >= 15 is 0 Å². The molecule has 0 unspecified atom stereocenters. The van der Waals surface area contributed by atoms with E-state index in [4.69, 9.17) is 14.5 Å². The summed E-state index contributed by atoms with van der Waals surface area (Å²) in [4.78, 5) is 27.7. The highest BCUT2D eigenvalue weighted by Gasteiger charge is 2.13. The van der Waals surface area contributed by atoms with Crippen molar-refractivity contribution in [1.82, 2.24) is 0 Å². The molecule has 2 N–H and O–H groups in total. The number of carbonyl (C=O) groups excluding carboxylic acids is 1. The number of unbranched alkanes of at least 4 members (excludes halogenated alkanes) is 7. The zero-order chi connectivity index (χ0) is 16.0. The van der Waals surface area contributed by atoms with Crippen LogP contribution in [0.4, 0.5) is 0 Å². The molecule has 0 aliphatic rings. The Labute approximate surface area is 130 Å². The number of ether oxygens (including phenoxy) is 1. The maximum Gasteiger partial charge on any atom is 0.480 e. The first-order chi connectivity index (χ1) is 9.95. The first-order valence-corrected chi connectivity index (χ1v) is 9.56. The second-order valence-electron chi connectivity index (χ2n) is 4.59. The van der Waals surface area contributed by atoms with Gasteiger partial charge in [0.15, 0.2) is 0 Å². The molecule has 0 aliphatic carbocycles. The summed E-state index contributed by atoms with van der Waals surface area (Å²) in [5.41, 5.74) is 0. The van der Waals surface area contributed by atoms with Crippen LogP contribution in [-0.2, 0) is 18.1 Å². The van der Waals surface area contributed by atoms with Crippen molar-refractivity contribution in [2.24, 2.45) is 0 Å². The number of phosphoric acid groups is 1. The summed E-state index contributed by atoms with van der Waals surface area (Å²) in [5, 5.41) is 0. The average Bonchev–Trinajstić information content (AvgIpc) is 2.42. The predicted octanol–water partition coefficient (Wildman–Crippen LogP) is 3.59. The molecule has 0 aromatic rings. The summed E-state index contributed by atoms with van der Waals surface area (Å²) in [6.45, 7) is 3.79. The van der Waals surface area contributed by atoms with Crippen molar-refractivity contribution in [3.8, 4) is 0 Å². The van der Waals surface area contributed by atoms with Crippen molar-refractivity contribution < 1.29 is 27.9 Å². The van der Waals surface area contributed by atoms with Crippen molar-refractivity contribution in [3.63, 3.8) is 0 Å². The summed E-state index contributed by atoms with van der Waals surface area (Å²) < 4.78 is 19.5. The summed E-state index contributed by atoms with van der Waals surface area (Å²) >= 11 is 0.830. The summed E-state index contributed by atoms with van der Waals surface area (Å²) in [5.74, 6) is 0.232. The Bertz CT molecular complexity index is 331. The molecule has 0 heterocycles. The van der Waals surface area contributed by atoms with Gasteiger partial charge in [-0.15, -0.1) is 0 Å². The van der Waals surface area contributed by atoms with Crippen LogP contribution in [0, 0.1) is 0 Å². The fraction of sp³-hybridized carbons (Fsp3) is 0.769. The van der Waals surface area contributed by atoms with E-state index in [0.29, 0.717) is 12.4 Å². The molecule has 0 aliphatic heterocycles. The first-order valence-electron chi connectivity index (χ1n) is 7.11. The molecule has 0 spiro atoms. The smallest absolute Gasteiger partial charge is 0.463 e. The van der Waals surface area contributed by atoms with Crippen molar-refractivity contribution in [1.29, 1.82) is 0 Å².